The molecule has 3 rings (SSSR count). The Kier molecular flexibility index (Phi) is 5.20. The highest BCUT2D eigenvalue weighted by Crippen LogP contribution is 2.34. The van der Waals surface area contributed by atoms with E-state index in [-0.39, 0.29) is 12.1 Å². The molecule has 0 aromatic heterocycles. The first-order valence-electron chi connectivity index (χ1n) is 8.14. The van der Waals surface area contributed by atoms with Crippen LogP contribution in [0.5, 0.6) is 0 Å². The van der Waals surface area contributed by atoms with E-state index in [1.54, 1.807) is 12.1 Å². The van der Waals surface area contributed by atoms with Crippen LogP contribution in [0.25, 0.3) is 0 Å². The lowest BCUT2D eigenvalue weighted by atomic mass is 9.89. The molecule has 1 aromatic carbocycles. The number of oxime groups is 1. The van der Waals surface area contributed by atoms with Crippen molar-refractivity contribution in [2.24, 2.45) is 11.1 Å². The summed E-state index contributed by atoms with van der Waals surface area (Å²) >= 11 is 3.37. The topological polar surface area (TPSA) is 24.8 Å². The molecule has 0 unspecified atom stereocenters. The van der Waals surface area contributed by atoms with Gasteiger partial charge in [0.25, 0.3) is 0 Å². The molecule has 2 aliphatic rings. The Hall–Kier alpha value is -1.08. The third-order valence-corrected chi connectivity index (χ3v) is 5.49. The van der Waals surface area contributed by atoms with Crippen LogP contribution in [0.4, 0.5) is 13.2 Å². The third-order valence-electron chi connectivity index (χ3n) is 5.02. The maximum atomic E-state index is 12.7. The number of hydrogen-bond acceptors (Lipinski definition) is 3. The van der Waals surface area contributed by atoms with Crippen molar-refractivity contribution < 1.29 is 18.0 Å². The van der Waals surface area contributed by atoms with Crippen molar-refractivity contribution in [1.82, 2.24) is 4.90 Å². The van der Waals surface area contributed by atoms with E-state index in [0.29, 0.717) is 5.92 Å². The minimum absolute atomic E-state index is 0.112. The Morgan fingerprint density at radius 3 is 2.33 bits per heavy atom. The Labute approximate surface area is 148 Å². The van der Waals surface area contributed by atoms with Crippen molar-refractivity contribution in [1.29, 1.82) is 0 Å². The Morgan fingerprint density at radius 2 is 1.83 bits per heavy atom. The fourth-order valence-corrected chi connectivity index (χ4v) is 3.86. The van der Waals surface area contributed by atoms with Gasteiger partial charge in [0.1, 0.15) is 10.7 Å². The van der Waals surface area contributed by atoms with Crippen LogP contribution in [-0.2, 0) is 11.0 Å². The fraction of sp³-hybridized carbons (Fsp3) is 0.588. The van der Waals surface area contributed by atoms with E-state index in [0.717, 1.165) is 42.5 Å². The monoisotopic (exact) mass is 404 g/mol. The average Bonchev–Trinajstić information content (AvgIpc) is 3.00. The SMILES string of the molecule is C[C@@H](c1ccc(C(F)(F)F)cc1)N1CCC([C@H]2CC(Br)=NO2)CC1. The summed E-state index contributed by atoms with van der Waals surface area (Å²) in [6.45, 7) is 3.89. The molecule has 0 spiro atoms. The van der Waals surface area contributed by atoms with Gasteiger partial charge in [-0.3, -0.25) is 4.90 Å². The second-order valence-electron chi connectivity index (χ2n) is 6.48. The van der Waals surface area contributed by atoms with Gasteiger partial charge in [-0.05, 0) is 66.5 Å². The molecule has 2 heterocycles. The molecule has 0 aliphatic carbocycles. The third kappa shape index (κ3) is 3.94. The minimum Gasteiger partial charge on any atom is -0.391 e. The minimum atomic E-state index is -4.28. The van der Waals surface area contributed by atoms with E-state index in [1.807, 2.05) is 0 Å². The molecule has 24 heavy (non-hydrogen) atoms. The van der Waals surface area contributed by atoms with Gasteiger partial charge in [-0.2, -0.15) is 13.2 Å². The van der Waals surface area contributed by atoms with Crippen molar-refractivity contribution in [2.45, 2.75) is 44.5 Å². The van der Waals surface area contributed by atoms with E-state index >= 15 is 0 Å². The van der Waals surface area contributed by atoms with Gasteiger partial charge in [0.05, 0.1) is 5.56 Å². The van der Waals surface area contributed by atoms with Crippen LogP contribution >= 0.6 is 15.9 Å². The smallest absolute Gasteiger partial charge is 0.391 e. The van der Waals surface area contributed by atoms with Gasteiger partial charge < -0.3 is 4.84 Å². The molecule has 2 atom stereocenters. The van der Waals surface area contributed by atoms with Crippen molar-refractivity contribution in [3.05, 3.63) is 35.4 Å². The molecule has 132 valence electrons. The van der Waals surface area contributed by atoms with Gasteiger partial charge in [-0.25, -0.2) is 0 Å². The molecule has 0 amide bonds. The molecular weight excluding hydrogens is 385 g/mol. The first-order valence-corrected chi connectivity index (χ1v) is 8.93. The van der Waals surface area contributed by atoms with Gasteiger partial charge in [0.2, 0.25) is 0 Å². The van der Waals surface area contributed by atoms with Crippen molar-refractivity contribution in [3.63, 3.8) is 0 Å². The van der Waals surface area contributed by atoms with Crippen LogP contribution in [0, 0.1) is 5.92 Å². The summed E-state index contributed by atoms with van der Waals surface area (Å²) in [4.78, 5) is 7.77. The number of benzene rings is 1. The first-order chi connectivity index (χ1) is 11.3. The summed E-state index contributed by atoms with van der Waals surface area (Å²) in [7, 11) is 0. The molecule has 0 saturated carbocycles. The Balaban J connectivity index is 1.56. The predicted molar refractivity (Wildman–Crippen MR) is 90.0 cm³/mol. The van der Waals surface area contributed by atoms with E-state index < -0.39 is 11.7 Å². The lowest BCUT2D eigenvalue weighted by molar-refractivity contribution is -0.137. The highest BCUT2D eigenvalue weighted by molar-refractivity contribution is 9.18. The molecule has 1 aromatic rings. The summed E-state index contributed by atoms with van der Waals surface area (Å²) in [5.74, 6) is 0.486. The lowest BCUT2D eigenvalue weighted by Crippen LogP contribution is -2.39. The largest absolute Gasteiger partial charge is 0.416 e. The quantitative estimate of drug-likeness (QED) is 0.709. The summed E-state index contributed by atoms with van der Waals surface area (Å²) < 4.78 is 38.8. The zero-order chi connectivity index (χ0) is 17.3. The van der Waals surface area contributed by atoms with Crippen LogP contribution in [0.15, 0.2) is 29.4 Å². The van der Waals surface area contributed by atoms with Crippen LogP contribution in [0.2, 0.25) is 0 Å². The summed E-state index contributed by atoms with van der Waals surface area (Å²) in [6, 6.07) is 5.62. The maximum Gasteiger partial charge on any atom is 0.416 e. The van der Waals surface area contributed by atoms with Crippen LogP contribution in [0.3, 0.4) is 0 Å². The number of halogens is 4. The van der Waals surface area contributed by atoms with Crippen molar-refractivity contribution in [3.8, 4) is 0 Å². The number of likely N-dealkylation sites (tertiary alicyclic amines) is 1. The number of alkyl halides is 3. The van der Waals surface area contributed by atoms with E-state index in [1.165, 1.54) is 12.1 Å². The molecule has 0 bridgehead atoms. The van der Waals surface area contributed by atoms with Gasteiger partial charge in [-0.15, -0.1) is 0 Å². The standard InChI is InChI=1S/C17H20BrF3N2O/c1-11(12-2-4-14(5-3-12)17(19,20)21)23-8-6-13(7-9-23)15-10-16(18)22-24-15/h2-5,11,13,15H,6-10H2,1H3/t11-,15+/m0/s1. The Morgan fingerprint density at radius 1 is 1.21 bits per heavy atom. The zero-order valence-corrected chi connectivity index (χ0v) is 15.0. The fourth-order valence-electron chi connectivity index (χ4n) is 3.46. The maximum absolute atomic E-state index is 12.7. The molecular formula is C17H20BrF3N2O. The number of rotatable bonds is 3. The summed E-state index contributed by atoms with van der Waals surface area (Å²) in [5.41, 5.74) is 0.325. The molecule has 1 saturated heterocycles. The average molecular weight is 405 g/mol. The predicted octanol–water partition coefficient (Wildman–Crippen LogP) is 4.98. The molecule has 7 heteroatoms. The van der Waals surface area contributed by atoms with Crippen LogP contribution in [0.1, 0.15) is 43.4 Å². The van der Waals surface area contributed by atoms with Crippen molar-refractivity contribution >= 4 is 20.6 Å². The number of nitrogens with zero attached hydrogens (tertiary/aromatic N) is 2. The van der Waals surface area contributed by atoms with Gasteiger partial charge >= 0.3 is 6.18 Å². The van der Waals surface area contributed by atoms with Gasteiger partial charge in [0, 0.05) is 18.4 Å². The Bertz CT molecular complexity index is 595. The molecule has 3 nitrogen and oxygen atoms in total. The van der Waals surface area contributed by atoms with Gasteiger partial charge in [0.15, 0.2) is 0 Å². The molecule has 0 N–H and O–H groups in total. The zero-order valence-electron chi connectivity index (χ0n) is 13.4. The highest BCUT2D eigenvalue weighted by Gasteiger charge is 2.33. The van der Waals surface area contributed by atoms with E-state index in [9.17, 15) is 13.2 Å². The number of piperidine rings is 1. The lowest BCUT2D eigenvalue weighted by Gasteiger charge is -2.37. The van der Waals surface area contributed by atoms with Crippen LogP contribution in [-0.4, -0.2) is 28.7 Å². The van der Waals surface area contributed by atoms with E-state index in [4.69, 9.17) is 4.84 Å². The first kappa shape index (κ1) is 17.7. The number of hydrogen-bond donors (Lipinski definition) is 0. The highest BCUT2D eigenvalue weighted by atomic mass is 79.9. The molecule has 2 aliphatic heterocycles. The van der Waals surface area contributed by atoms with Crippen LogP contribution < -0.4 is 0 Å². The van der Waals surface area contributed by atoms with Crippen molar-refractivity contribution in [2.75, 3.05) is 13.1 Å². The van der Waals surface area contributed by atoms with Gasteiger partial charge in [-0.1, -0.05) is 17.3 Å². The van der Waals surface area contributed by atoms with E-state index in [2.05, 4.69) is 32.9 Å². The second kappa shape index (κ2) is 7.04. The molecule has 1 fully saturated rings. The second-order valence-corrected chi connectivity index (χ2v) is 7.40. The summed E-state index contributed by atoms with van der Waals surface area (Å²) in [5, 5.41) is 3.95. The normalized spacial score (nSPS) is 24.5. The molecule has 0 radical (unpaired) electrons. The summed E-state index contributed by atoms with van der Waals surface area (Å²) in [6.07, 6.45) is -1.25.